The Kier molecular flexibility index (Phi) is 25.1. The van der Waals surface area contributed by atoms with Crippen LogP contribution in [0, 0.1) is 0 Å². The molecule has 0 aromatic carbocycles. The molecule has 0 bridgehead atoms. The molecule has 0 heterocycles. The molecule has 0 aromatic rings. The van der Waals surface area contributed by atoms with Gasteiger partial charge < -0.3 is 41.0 Å². The molecule has 0 spiro atoms. The van der Waals surface area contributed by atoms with Gasteiger partial charge in [0.25, 0.3) is 0 Å². The van der Waals surface area contributed by atoms with Gasteiger partial charge in [-0.25, -0.2) is 0 Å². The molecule has 0 fully saturated rings. The molecule has 0 aromatic heterocycles. The Balaban J connectivity index is -0.000000120. The molecular formula is C6H8NNa3O7. The quantitative estimate of drug-likeness (QED) is 0.464. The first-order valence-corrected chi connectivity index (χ1v) is 3.11. The van der Waals surface area contributed by atoms with Crippen LogP contribution >= 0.6 is 0 Å². The number of carbonyl (C=O) groups is 3. The summed E-state index contributed by atoms with van der Waals surface area (Å²) < 4.78 is 0. The van der Waals surface area contributed by atoms with E-state index in [4.69, 9.17) is 5.11 Å². The van der Waals surface area contributed by atoms with Crippen molar-refractivity contribution in [3.63, 3.8) is 0 Å². The van der Waals surface area contributed by atoms with E-state index in [1.54, 1.807) is 0 Å². The van der Waals surface area contributed by atoms with Crippen molar-refractivity contribution in [2.75, 3.05) is 0 Å². The number of aliphatic hydroxyl groups is 1. The molecule has 17 heavy (non-hydrogen) atoms. The van der Waals surface area contributed by atoms with E-state index in [0.717, 1.165) is 0 Å². The molecular weight excluding hydrogens is 267 g/mol. The largest absolute Gasteiger partial charge is 1.00 e. The molecule has 0 amide bonds. The van der Waals surface area contributed by atoms with Gasteiger partial charge in [-0.1, -0.05) is 0 Å². The van der Waals surface area contributed by atoms with Gasteiger partial charge in [-0.2, -0.15) is 0 Å². The second kappa shape index (κ2) is 13.8. The van der Waals surface area contributed by atoms with Gasteiger partial charge in [-0.3, -0.25) is 0 Å². The van der Waals surface area contributed by atoms with Crippen molar-refractivity contribution >= 4 is 17.9 Å². The molecule has 0 unspecified atom stereocenters. The van der Waals surface area contributed by atoms with Crippen LogP contribution in [0.5, 0.6) is 0 Å². The number of aliphatic carboxylic acids is 3. The summed E-state index contributed by atoms with van der Waals surface area (Å²) in [6, 6.07) is 0. The Hall–Kier alpha value is 1.33. The summed E-state index contributed by atoms with van der Waals surface area (Å²) in [5, 5.41) is 38.9. The first-order chi connectivity index (χ1) is 5.78. The molecule has 0 aliphatic rings. The Morgan fingerprint density at radius 1 is 0.882 bits per heavy atom. The molecule has 0 saturated heterocycles. The minimum Gasteiger partial charge on any atom is -0.550 e. The number of hydrogen-bond donors (Lipinski definition) is 2. The third kappa shape index (κ3) is 13.6. The van der Waals surface area contributed by atoms with Crippen LogP contribution in [-0.4, -0.2) is 28.6 Å². The maximum Gasteiger partial charge on any atom is 1.00 e. The summed E-state index contributed by atoms with van der Waals surface area (Å²) >= 11 is 0. The van der Waals surface area contributed by atoms with Crippen LogP contribution in [0.1, 0.15) is 12.8 Å². The predicted octanol–water partition coefficient (Wildman–Crippen LogP) is -14.1. The third-order valence-corrected chi connectivity index (χ3v) is 1.25. The van der Waals surface area contributed by atoms with Gasteiger partial charge in [-0.05, 0) is 0 Å². The topological polar surface area (TPSA) is 176 Å². The Morgan fingerprint density at radius 2 is 1.12 bits per heavy atom. The second-order valence-electron chi connectivity index (χ2n) is 2.42. The maximum absolute atomic E-state index is 10.1. The molecule has 8 nitrogen and oxygen atoms in total. The van der Waals surface area contributed by atoms with Crippen molar-refractivity contribution < 1.29 is 123 Å². The standard InChI is InChI=1S/C6H8O7.H3N.3Na/c7-3(8)1-6(13,5(11)12)2-4(9)10;;;;/h13H,1-2H2,(H,7,8)(H,9,10)(H,11,12);1H3;;;/q;;3*+1/p-3. The van der Waals surface area contributed by atoms with Crippen molar-refractivity contribution in [3.05, 3.63) is 0 Å². The summed E-state index contributed by atoms with van der Waals surface area (Å²) in [7, 11) is 0. The minimum absolute atomic E-state index is 0. The zero-order chi connectivity index (χ0) is 10.6. The molecule has 0 atom stereocenters. The first-order valence-electron chi connectivity index (χ1n) is 3.11. The number of rotatable bonds is 5. The molecule has 11 heteroatoms. The summed E-state index contributed by atoms with van der Waals surface area (Å²) in [5.41, 5.74) is -2.97. The van der Waals surface area contributed by atoms with Crippen LogP contribution in [0.3, 0.4) is 0 Å². The van der Waals surface area contributed by atoms with Gasteiger partial charge >= 0.3 is 88.7 Å². The fourth-order valence-electron chi connectivity index (χ4n) is 0.684. The van der Waals surface area contributed by atoms with Gasteiger partial charge in [0.15, 0.2) is 0 Å². The number of carboxylic acids is 3. The van der Waals surface area contributed by atoms with E-state index in [0.29, 0.717) is 0 Å². The van der Waals surface area contributed by atoms with Gasteiger partial charge in [0.1, 0.15) is 5.60 Å². The van der Waals surface area contributed by atoms with E-state index >= 15 is 0 Å². The van der Waals surface area contributed by atoms with Crippen LogP contribution in [0.4, 0.5) is 0 Å². The van der Waals surface area contributed by atoms with Crippen molar-refractivity contribution in [1.29, 1.82) is 0 Å². The van der Waals surface area contributed by atoms with E-state index < -0.39 is 36.4 Å². The van der Waals surface area contributed by atoms with Crippen molar-refractivity contribution in [1.82, 2.24) is 6.15 Å². The number of hydrogen-bond acceptors (Lipinski definition) is 8. The molecule has 0 rings (SSSR count). The van der Waals surface area contributed by atoms with Crippen molar-refractivity contribution in [2.45, 2.75) is 18.4 Å². The fourth-order valence-corrected chi connectivity index (χ4v) is 0.684. The monoisotopic (exact) mass is 275 g/mol. The summed E-state index contributed by atoms with van der Waals surface area (Å²) in [6.07, 6.45) is -2.72. The summed E-state index contributed by atoms with van der Waals surface area (Å²) in [6.45, 7) is 0. The minimum atomic E-state index is -2.97. The zero-order valence-corrected chi connectivity index (χ0v) is 16.0. The molecule has 0 aliphatic carbocycles. The molecule has 4 N–H and O–H groups in total. The van der Waals surface area contributed by atoms with E-state index in [-0.39, 0.29) is 94.8 Å². The van der Waals surface area contributed by atoms with Gasteiger partial charge in [0.2, 0.25) is 0 Å². The predicted molar refractivity (Wildman–Crippen MR) is 34.2 cm³/mol. The van der Waals surface area contributed by atoms with Gasteiger partial charge in [0.05, 0.1) is 5.97 Å². The van der Waals surface area contributed by atoms with E-state index in [9.17, 15) is 29.7 Å². The van der Waals surface area contributed by atoms with E-state index in [2.05, 4.69) is 0 Å². The van der Waals surface area contributed by atoms with Crippen LogP contribution in [0.15, 0.2) is 0 Å². The summed E-state index contributed by atoms with van der Waals surface area (Å²) in [4.78, 5) is 30.0. The van der Waals surface area contributed by atoms with Crippen LogP contribution in [0.25, 0.3) is 0 Å². The van der Waals surface area contributed by atoms with Gasteiger partial charge in [-0.15, -0.1) is 0 Å². The van der Waals surface area contributed by atoms with Gasteiger partial charge in [0, 0.05) is 24.8 Å². The zero-order valence-electron chi connectivity index (χ0n) is 10.0. The van der Waals surface area contributed by atoms with Crippen molar-refractivity contribution in [2.24, 2.45) is 0 Å². The average molecular weight is 275 g/mol. The van der Waals surface area contributed by atoms with Crippen LogP contribution in [0.2, 0.25) is 0 Å². The smallest absolute Gasteiger partial charge is 0.550 e. The average Bonchev–Trinajstić information content (AvgIpc) is 1.82. The Bertz CT molecular complexity index is 244. The van der Waals surface area contributed by atoms with E-state index in [1.807, 2.05) is 0 Å². The molecule has 0 radical (unpaired) electrons. The van der Waals surface area contributed by atoms with Crippen LogP contribution in [-0.2, 0) is 14.4 Å². The Labute approximate surface area is 164 Å². The number of carbonyl (C=O) groups excluding carboxylic acids is 3. The SMILES string of the molecule is N.O=C([O-])CC(O)(CC(=O)[O-])C(=O)[O-].[Na+].[Na+].[Na+]. The second-order valence-corrected chi connectivity index (χ2v) is 2.42. The maximum atomic E-state index is 10.1. The summed E-state index contributed by atoms with van der Waals surface area (Å²) in [5.74, 6) is -5.98. The normalized spacial score (nSPS) is 8.29. The first kappa shape index (κ1) is 31.0. The molecule has 0 saturated carbocycles. The van der Waals surface area contributed by atoms with Crippen molar-refractivity contribution in [3.8, 4) is 0 Å². The molecule has 82 valence electrons. The Morgan fingerprint density at radius 3 is 1.24 bits per heavy atom. The number of carboxylic acid groups (broad SMARTS) is 3. The fraction of sp³-hybridized carbons (Fsp3) is 0.500. The van der Waals surface area contributed by atoms with E-state index in [1.165, 1.54) is 0 Å². The third-order valence-electron chi connectivity index (χ3n) is 1.25. The molecule has 0 aliphatic heterocycles. The van der Waals surface area contributed by atoms with Crippen LogP contribution < -0.4 is 110 Å².